The average Bonchev–Trinajstić information content (AvgIpc) is 2.78. The first kappa shape index (κ1) is 14.6. The van der Waals surface area contributed by atoms with Crippen LogP contribution >= 0.6 is 15.9 Å². The van der Waals surface area contributed by atoms with E-state index >= 15 is 0 Å². The molecule has 1 aliphatic rings. The zero-order chi connectivity index (χ0) is 15.0. The monoisotopic (exact) mass is 349 g/mol. The molecule has 1 aliphatic heterocycles. The van der Waals surface area contributed by atoms with Crippen LogP contribution in [0, 0.1) is 6.92 Å². The second kappa shape index (κ2) is 5.81. The molecule has 0 aliphatic carbocycles. The maximum absolute atomic E-state index is 6.23. The highest BCUT2D eigenvalue weighted by atomic mass is 79.9. The zero-order valence-electron chi connectivity index (χ0n) is 12.6. The summed E-state index contributed by atoms with van der Waals surface area (Å²) in [5.74, 6) is 0.962. The number of aromatic nitrogens is 2. The van der Waals surface area contributed by atoms with E-state index in [-0.39, 0.29) is 6.10 Å². The quantitative estimate of drug-likeness (QED) is 0.918. The summed E-state index contributed by atoms with van der Waals surface area (Å²) in [5, 5.41) is 8.00. The van der Waals surface area contributed by atoms with Gasteiger partial charge in [0.15, 0.2) is 0 Å². The number of aryl methyl sites for hydroxylation is 2. The first-order chi connectivity index (χ1) is 10.1. The topological polar surface area (TPSA) is 39.1 Å². The van der Waals surface area contributed by atoms with Crippen molar-refractivity contribution in [3.05, 3.63) is 45.7 Å². The van der Waals surface area contributed by atoms with Crippen LogP contribution < -0.4 is 10.1 Å². The van der Waals surface area contributed by atoms with E-state index < -0.39 is 0 Å². The summed E-state index contributed by atoms with van der Waals surface area (Å²) >= 11 is 3.55. The lowest BCUT2D eigenvalue weighted by Gasteiger charge is -2.32. The Kier molecular flexibility index (Phi) is 4.04. The molecule has 0 bridgehead atoms. The highest BCUT2D eigenvalue weighted by Crippen LogP contribution is 2.42. The Labute approximate surface area is 133 Å². The molecule has 0 fully saturated rings. The van der Waals surface area contributed by atoms with Crippen molar-refractivity contribution in [2.75, 3.05) is 6.54 Å². The van der Waals surface area contributed by atoms with Gasteiger partial charge in [0.25, 0.3) is 0 Å². The molecule has 112 valence electrons. The van der Waals surface area contributed by atoms with Gasteiger partial charge in [0.2, 0.25) is 0 Å². The fourth-order valence-electron chi connectivity index (χ4n) is 3.01. The Bertz CT molecular complexity index is 653. The summed E-state index contributed by atoms with van der Waals surface area (Å²) in [6, 6.07) is 6.53. The highest BCUT2D eigenvalue weighted by molar-refractivity contribution is 9.10. The minimum Gasteiger partial charge on any atom is -0.485 e. The molecule has 2 aromatic rings. The number of hydrogen-bond acceptors (Lipinski definition) is 3. The van der Waals surface area contributed by atoms with Gasteiger partial charge in [0.1, 0.15) is 11.9 Å². The van der Waals surface area contributed by atoms with Crippen molar-refractivity contribution in [3.8, 4) is 5.75 Å². The molecule has 21 heavy (non-hydrogen) atoms. The van der Waals surface area contributed by atoms with E-state index in [1.165, 1.54) is 11.1 Å². The minimum absolute atomic E-state index is 0.0522. The maximum Gasteiger partial charge on any atom is 0.129 e. The van der Waals surface area contributed by atoms with Gasteiger partial charge in [0.05, 0.1) is 5.69 Å². The molecule has 2 atom stereocenters. The van der Waals surface area contributed by atoms with Gasteiger partial charge < -0.3 is 10.1 Å². The van der Waals surface area contributed by atoms with Gasteiger partial charge >= 0.3 is 0 Å². The smallest absolute Gasteiger partial charge is 0.129 e. The Morgan fingerprint density at radius 1 is 1.43 bits per heavy atom. The van der Waals surface area contributed by atoms with Crippen LogP contribution in [0.4, 0.5) is 0 Å². The third-order valence-electron chi connectivity index (χ3n) is 3.92. The number of halogens is 1. The summed E-state index contributed by atoms with van der Waals surface area (Å²) in [4.78, 5) is 0. The molecule has 2 heterocycles. The number of nitrogens with zero attached hydrogens (tertiary/aromatic N) is 2. The molecule has 5 heteroatoms. The molecule has 0 saturated heterocycles. The lowest BCUT2D eigenvalue weighted by atomic mass is 9.93. The van der Waals surface area contributed by atoms with Gasteiger partial charge in [-0.3, -0.25) is 4.68 Å². The number of ether oxygens (including phenoxy) is 1. The second-order valence-electron chi connectivity index (χ2n) is 5.48. The van der Waals surface area contributed by atoms with E-state index in [1.807, 2.05) is 30.8 Å². The highest BCUT2D eigenvalue weighted by Gasteiger charge is 2.30. The predicted molar refractivity (Wildman–Crippen MR) is 86.5 cm³/mol. The van der Waals surface area contributed by atoms with E-state index in [9.17, 15) is 0 Å². The summed E-state index contributed by atoms with van der Waals surface area (Å²) in [7, 11) is 1.95. The minimum atomic E-state index is 0.0522. The number of rotatable bonds is 3. The molecular weight excluding hydrogens is 330 g/mol. The van der Waals surface area contributed by atoms with Crippen molar-refractivity contribution in [1.82, 2.24) is 15.1 Å². The first-order valence-corrected chi connectivity index (χ1v) is 8.07. The van der Waals surface area contributed by atoms with Crippen molar-refractivity contribution in [3.63, 3.8) is 0 Å². The van der Waals surface area contributed by atoms with Crippen LogP contribution in [0.1, 0.15) is 42.3 Å². The summed E-state index contributed by atoms with van der Waals surface area (Å²) < 4.78 is 9.17. The van der Waals surface area contributed by atoms with Crippen molar-refractivity contribution in [1.29, 1.82) is 0 Å². The van der Waals surface area contributed by atoms with Crippen molar-refractivity contribution in [2.45, 2.75) is 32.4 Å². The third-order valence-corrected chi connectivity index (χ3v) is 4.41. The molecule has 0 radical (unpaired) electrons. The maximum atomic E-state index is 6.23. The molecule has 0 saturated carbocycles. The van der Waals surface area contributed by atoms with Crippen LogP contribution in [0.15, 0.2) is 28.9 Å². The van der Waals surface area contributed by atoms with Crippen molar-refractivity contribution < 1.29 is 4.74 Å². The molecule has 1 aromatic heterocycles. The second-order valence-corrected chi connectivity index (χ2v) is 6.39. The zero-order valence-corrected chi connectivity index (χ0v) is 14.1. The first-order valence-electron chi connectivity index (χ1n) is 7.28. The lowest BCUT2D eigenvalue weighted by molar-refractivity contribution is 0.151. The van der Waals surface area contributed by atoms with Gasteiger partial charge in [-0.25, -0.2) is 0 Å². The van der Waals surface area contributed by atoms with Gasteiger partial charge in [0, 0.05) is 41.3 Å². The van der Waals surface area contributed by atoms with Crippen LogP contribution in [0.25, 0.3) is 0 Å². The van der Waals surface area contributed by atoms with E-state index in [0.717, 1.165) is 28.9 Å². The van der Waals surface area contributed by atoms with Crippen molar-refractivity contribution >= 4 is 15.9 Å². The molecule has 1 aromatic carbocycles. The molecule has 0 spiro atoms. The molecule has 4 nitrogen and oxygen atoms in total. The third kappa shape index (κ3) is 2.85. The average molecular weight is 350 g/mol. The largest absolute Gasteiger partial charge is 0.485 e. The summed E-state index contributed by atoms with van der Waals surface area (Å²) in [6.07, 6.45) is 3.04. The van der Waals surface area contributed by atoms with Gasteiger partial charge in [-0.05, 0) is 31.7 Å². The van der Waals surface area contributed by atoms with Crippen molar-refractivity contribution in [2.24, 2.45) is 7.05 Å². The number of fused-ring (bicyclic) bond motifs is 1. The normalized spacial score (nSPS) is 21.0. The molecule has 1 N–H and O–H groups in total. The molecule has 0 amide bonds. The van der Waals surface area contributed by atoms with E-state index in [0.29, 0.717) is 6.04 Å². The Morgan fingerprint density at radius 2 is 2.24 bits per heavy atom. The number of hydrogen-bond donors (Lipinski definition) is 1. The number of nitrogens with one attached hydrogen (secondary N) is 1. The standard InChI is InChI=1S/C16H20BrN3O/c1-4-18-14-8-16(13-9-20(3)19-10(13)2)21-15-6-5-11(17)7-12(14)15/h5-7,9,14,16,18H,4,8H2,1-3H3. The number of benzene rings is 1. The van der Waals surface area contributed by atoms with Crippen LogP contribution in [0.5, 0.6) is 5.75 Å². The summed E-state index contributed by atoms with van der Waals surface area (Å²) in [6.45, 7) is 5.12. The van der Waals surface area contributed by atoms with Gasteiger partial charge in [-0.15, -0.1) is 0 Å². The van der Waals surface area contributed by atoms with Crippen LogP contribution in [-0.4, -0.2) is 16.3 Å². The molecule has 2 unspecified atom stereocenters. The van der Waals surface area contributed by atoms with E-state index in [1.54, 1.807) is 0 Å². The summed E-state index contributed by atoms with van der Waals surface area (Å²) in [5.41, 5.74) is 3.44. The van der Waals surface area contributed by atoms with Crippen LogP contribution in [0.3, 0.4) is 0 Å². The van der Waals surface area contributed by atoms with Crippen LogP contribution in [-0.2, 0) is 7.05 Å². The van der Waals surface area contributed by atoms with Gasteiger partial charge in [-0.2, -0.15) is 5.10 Å². The Balaban J connectivity index is 1.97. The Morgan fingerprint density at radius 3 is 2.90 bits per heavy atom. The van der Waals surface area contributed by atoms with E-state index in [2.05, 4.69) is 45.5 Å². The molecule has 3 rings (SSSR count). The van der Waals surface area contributed by atoms with E-state index in [4.69, 9.17) is 4.74 Å². The SMILES string of the molecule is CCNC1CC(c2cn(C)nc2C)Oc2ccc(Br)cc21. The Hall–Kier alpha value is -1.33. The lowest BCUT2D eigenvalue weighted by Crippen LogP contribution is -2.29. The fourth-order valence-corrected chi connectivity index (χ4v) is 3.38. The van der Waals surface area contributed by atoms with Gasteiger partial charge in [-0.1, -0.05) is 22.9 Å². The predicted octanol–water partition coefficient (Wildman–Crippen LogP) is 3.67. The fraction of sp³-hybridized carbons (Fsp3) is 0.438. The molecular formula is C16H20BrN3O. The van der Waals surface area contributed by atoms with Crippen LogP contribution in [0.2, 0.25) is 0 Å².